The van der Waals surface area contributed by atoms with Gasteiger partial charge in [0.15, 0.2) is 12.1 Å². The van der Waals surface area contributed by atoms with E-state index in [9.17, 15) is 13.6 Å². The van der Waals surface area contributed by atoms with Gasteiger partial charge in [0.1, 0.15) is 23.7 Å². The highest BCUT2D eigenvalue weighted by atomic mass is 35.5. The van der Waals surface area contributed by atoms with E-state index in [4.69, 9.17) is 21.1 Å². The predicted octanol–water partition coefficient (Wildman–Crippen LogP) is 5.96. The average Bonchev–Trinajstić information content (AvgIpc) is 3.44. The number of benzene rings is 2. The van der Waals surface area contributed by atoms with Gasteiger partial charge in [-0.1, -0.05) is 18.0 Å². The first-order valence-electron chi connectivity index (χ1n) is 12.6. The van der Waals surface area contributed by atoms with Crippen LogP contribution in [0.15, 0.2) is 48.6 Å². The number of ether oxygens (including phenoxy) is 2. The zero-order valence-corrected chi connectivity index (χ0v) is 21.4. The Labute approximate surface area is 224 Å². The first-order chi connectivity index (χ1) is 18.5. The number of piperidine rings is 1. The molecule has 0 radical (unpaired) electrons. The van der Waals surface area contributed by atoms with Gasteiger partial charge in [-0.05, 0) is 62.7 Å². The number of amides is 1. The lowest BCUT2D eigenvalue weighted by Crippen LogP contribution is -2.30. The van der Waals surface area contributed by atoms with Gasteiger partial charge in [0.05, 0.1) is 22.8 Å². The Hall–Kier alpha value is -3.34. The molecule has 0 aliphatic carbocycles. The lowest BCUT2D eigenvalue weighted by Gasteiger charge is -2.24. The van der Waals surface area contributed by atoms with E-state index in [1.807, 2.05) is 0 Å². The van der Waals surface area contributed by atoms with Crippen molar-refractivity contribution in [2.24, 2.45) is 0 Å². The number of hydrogen-bond donors (Lipinski definition) is 2. The fraction of sp³-hybridized carbons (Fsp3) is 0.370. The summed E-state index contributed by atoms with van der Waals surface area (Å²) in [5, 5.41) is 6.22. The fourth-order valence-electron chi connectivity index (χ4n) is 4.50. The zero-order chi connectivity index (χ0) is 26.5. The van der Waals surface area contributed by atoms with Gasteiger partial charge in [-0.25, -0.2) is 18.7 Å². The number of hydrogen-bond acceptors (Lipinski definition) is 7. The summed E-state index contributed by atoms with van der Waals surface area (Å²) in [4.78, 5) is 23.5. The van der Waals surface area contributed by atoms with Crippen LogP contribution in [0.1, 0.15) is 32.1 Å². The minimum atomic E-state index is -0.879. The van der Waals surface area contributed by atoms with Gasteiger partial charge in [0.25, 0.3) is 5.91 Å². The molecule has 0 saturated carbocycles. The Bertz CT molecular complexity index is 1340. The van der Waals surface area contributed by atoms with E-state index in [1.165, 1.54) is 37.0 Å². The topological polar surface area (TPSA) is 88.6 Å². The van der Waals surface area contributed by atoms with Crippen LogP contribution in [0.3, 0.4) is 0 Å². The number of aromatic nitrogens is 2. The van der Waals surface area contributed by atoms with E-state index >= 15 is 0 Å². The van der Waals surface area contributed by atoms with Crippen LogP contribution in [-0.4, -0.2) is 53.3 Å². The van der Waals surface area contributed by atoms with Crippen LogP contribution in [0, 0.1) is 5.82 Å². The SMILES string of the molecule is O=C(Nc1cc2c(Nc3ccc(F)c(Cl)c3)ncnc2cc1O[C@H]1CCCO1)/C(F)=C/CN1CCCCC1. The number of halogens is 3. The molecule has 8 nitrogen and oxygen atoms in total. The minimum Gasteiger partial charge on any atom is -0.463 e. The first-order valence-corrected chi connectivity index (χ1v) is 13.0. The Morgan fingerprint density at radius 3 is 2.79 bits per heavy atom. The molecule has 200 valence electrons. The molecule has 2 saturated heterocycles. The number of nitrogens with one attached hydrogen (secondary N) is 2. The smallest absolute Gasteiger partial charge is 0.284 e. The second-order valence-corrected chi connectivity index (χ2v) is 9.68. The molecule has 2 fully saturated rings. The van der Waals surface area contributed by atoms with Crippen LogP contribution >= 0.6 is 11.6 Å². The van der Waals surface area contributed by atoms with Crippen molar-refractivity contribution in [2.45, 2.75) is 38.4 Å². The fourth-order valence-corrected chi connectivity index (χ4v) is 4.68. The van der Waals surface area contributed by atoms with Crippen LogP contribution in [-0.2, 0) is 9.53 Å². The summed E-state index contributed by atoms with van der Waals surface area (Å²) in [6.45, 7) is 2.73. The van der Waals surface area contributed by atoms with Crippen LogP contribution in [0.2, 0.25) is 5.02 Å². The summed E-state index contributed by atoms with van der Waals surface area (Å²) in [5.41, 5.74) is 1.27. The molecule has 0 spiro atoms. The van der Waals surface area contributed by atoms with Crippen LogP contribution < -0.4 is 15.4 Å². The van der Waals surface area contributed by atoms with Gasteiger partial charge < -0.3 is 20.1 Å². The quantitative estimate of drug-likeness (QED) is 0.339. The molecular weight excluding hydrogens is 516 g/mol. The third-order valence-electron chi connectivity index (χ3n) is 6.51. The van der Waals surface area contributed by atoms with E-state index in [1.54, 1.807) is 12.1 Å². The van der Waals surface area contributed by atoms with Gasteiger partial charge in [0, 0.05) is 30.1 Å². The predicted molar refractivity (Wildman–Crippen MR) is 142 cm³/mol. The van der Waals surface area contributed by atoms with Crippen molar-refractivity contribution < 1.29 is 23.0 Å². The summed E-state index contributed by atoms with van der Waals surface area (Å²) in [7, 11) is 0. The van der Waals surface area contributed by atoms with Crippen molar-refractivity contribution in [2.75, 3.05) is 36.9 Å². The van der Waals surface area contributed by atoms with E-state index in [2.05, 4.69) is 25.5 Å². The van der Waals surface area contributed by atoms with Crippen molar-refractivity contribution in [1.82, 2.24) is 14.9 Å². The second-order valence-electron chi connectivity index (χ2n) is 9.27. The highest BCUT2D eigenvalue weighted by Gasteiger charge is 2.22. The third kappa shape index (κ3) is 6.38. The third-order valence-corrected chi connectivity index (χ3v) is 6.80. The Morgan fingerprint density at radius 2 is 2.03 bits per heavy atom. The molecule has 0 unspecified atom stereocenters. The first kappa shape index (κ1) is 26.3. The van der Waals surface area contributed by atoms with Crippen molar-refractivity contribution >= 4 is 45.6 Å². The molecule has 2 aromatic carbocycles. The van der Waals surface area contributed by atoms with E-state index < -0.39 is 23.8 Å². The van der Waals surface area contributed by atoms with Gasteiger partial charge >= 0.3 is 0 Å². The maximum atomic E-state index is 14.8. The summed E-state index contributed by atoms with van der Waals surface area (Å²) < 4.78 is 40.0. The Kier molecular flexibility index (Phi) is 8.31. The maximum absolute atomic E-state index is 14.8. The van der Waals surface area contributed by atoms with Gasteiger partial charge in [-0.15, -0.1) is 0 Å². The van der Waals surface area contributed by atoms with Crippen molar-refractivity contribution in [3.05, 3.63) is 59.4 Å². The van der Waals surface area contributed by atoms with Crippen molar-refractivity contribution in [3.8, 4) is 5.75 Å². The van der Waals surface area contributed by atoms with E-state index in [0.29, 0.717) is 47.7 Å². The summed E-state index contributed by atoms with van der Waals surface area (Å²) in [6, 6.07) is 7.46. The lowest BCUT2D eigenvalue weighted by atomic mass is 10.1. The molecule has 1 atom stereocenters. The maximum Gasteiger partial charge on any atom is 0.284 e. The molecule has 5 rings (SSSR count). The number of rotatable bonds is 8. The monoisotopic (exact) mass is 543 g/mol. The lowest BCUT2D eigenvalue weighted by molar-refractivity contribution is -0.114. The number of carbonyl (C=O) groups is 1. The average molecular weight is 544 g/mol. The Balaban J connectivity index is 1.43. The van der Waals surface area contributed by atoms with Gasteiger partial charge in [-0.3, -0.25) is 9.69 Å². The highest BCUT2D eigenvalue weighted by molar-refractivity contribution is 6.31. The van der Waals surface area contributed by atoms with E-state index in [0.717, 1.165) is 32.4 Å². The summed E-state index contributed by atoms with van der Waals surface area (Å²) in [5.74, 6) is -1.60. The molecule has 1 aromatic heterocycles. The molecule has 2 aliphatic rings. The molecule has 2 aliphatic heterocycles. The molecule has 3 aromatic rings. The number of fused-ring (bicyclic) bond motifs is 1. The zero-order valence-electron chi connectivity index (χ0n) is 20.7. The van der Waals surface area contributed by atoms with Crippen LogP contribution in [0.5, 0.6) is 5.75 Å². The molecule has 1 amide bonds. The Morgan fingerprint density at radius 1 is 1.18 bits per heavy atom. The summed E-state index contributed by atoms with van der Waals surface area (Å²) in [6.07, 6.45) is 7.05. The molecule has 0 bridgehead atoms. The number of nitrogens with zero attached hydrogens (tertiary/aromatic N) is 3. The highest BCUT2D eigenvalue weighted by Crippen LogP contribution is 2.35. The number of anilines is 3. The van der Waals surface area contributed by atoms with Crippen molar-refractivity contribution in [3.63, 3.8) is 0 Å². The minimum absolute atomic E-state index is 0.0413. The molecule has 11 heteroatoms. The molecular formula is C27H28ClF2N5O3. The molecule has 2 N–H and O–H groups in total. The van der Waals surface area contributed by atoms with Crippen molar-refractivity contribution in [1.29, 1.82) is 0 Å². The van der Waals surface area contributed by atoms with Crippen LogP contribution in [0.25, 0.3) is 10.9 Å². The summed E-state index contributed by atoms with van der Waals surface area (Å²) >= 11 is 5.92. The number of carbonyl (C=O) groups excluding carboxylic acids is 1. The second kappa shape index (κ2) is 12.0. The normalized spacial score (nSPS) is 18.5. The molecule has 38 heavy (non-hydrogen) atoms. The number of likely N-dealkylation sites (tertiary alicyclic amines) is 1. The van der Waals surface area contributed by atoms with Gasteiger partial charge in [-0.2, -0.15) is 0 Å². The van der Waals surface area contributed by atoms with E-state index in [-0.39, 0.29) is 10.7 Å². The largest absolute Gasteiger partial charge is 0.463 e. The standard InChI is InChI=1S/C27H28ClF2N5O3/c28-19-13-17(6-7-20(19)29)33-26-18-14-23(34-27(36)21(30)8-11-35-9-2-1-3-10-35)24(15-22(18)31-16-32-26)38-25-5-4-12-37-25/h6-8,13-16,25H,1-5,9-12H2,(H,34,36)(H,31,32,33)/b21-8-/t25-/m0/s1. The van der Waals surface area contributed by atoms with Gasteiger partial charge in [0.2, 0.25) is 0 Å². The molecule has 3 heterocycles. The van der Waals surface area contributed by atoms with Crippen LogP contribution in [0.4, 0.5) is 26.0 Å².